The Hall–Kier alpha value is -1.85. The normalized spacial score (nSPS) is 11.1. The van der Waals surface area contributed by atoms with Crippen molar-refractivity contribution in [1.82, 2.24) is 19.9 Å². The highest BCUT2D eigenvalue weighted by Crippen LogP contribution is 2.19. The maximum atomic E-state index is 4.43. The fourth-order valence-corrected chi connectivity index (χ4v) is 1.89. The lowest BCUT2D eigenvalue weighted by molar-refractivity contribution is 0.518. The Labute approximate surface area is 107 Å². The molecule has 2 aromatic heterocycles. The number of imidazole rings is 1. The average molecular weight is 248 g/mol. The molecule has 0 aliphatic rings. The molecule has 0 unspecified atom stereocenters. The monoisotopic (exact) mass is 248 g/mol. The highest BCUT2D eigenvalue weighted by molar-refractivity contribution is 5.83. The van der Waals surface area contributed by atoms with Crippen molar-refractivity contribution in [3.05, 3.63) is 6.33 Å². The van der Waals surface area contributed by atoms with Crippen molar-refractivity contribution in [2.45, 2.75) is 26.7 Å². The van der Waals surface area contributed by atoms with Crippen molar-refractivity contribution in [1.29, 1.82) is 0 Å². The fourth-order valence-electron chi connectivity index (χ4n) is 1.89. The van der Waals surface area contributed by atoms with Gasteiger partial charge in [0, 0.05) is 13.6 Å². The molecule has 18 heavy (non-hydrogen) atoms. The summed E-state index contributed by atoms with van der Waals surface area (Å²) in [6.45, 7) is 5.34. The van der Waals surface area contributed by atoms with Crippen LogP contribution in [0.5, 0.6) is 0 Å². The molecule has 0 aliphatic carbocycles. The van der Waals surface area contributed by atoms with E-state index in [2.05, 4.69) is 44.4 Å². The molecule has 0 saturated heterocycles. The molecule has 2 aromatic rings. The minimum absolute atomic E-state index is 0.585. The Morgan fingerprint density at radius 1 is 1.28 bits per heavy atom. The number of nitrogens with zero attached hydrogens (tertiary/aromatic N) is 3. The molecule has 0 bridgehead atoms. The second-order valence-electron chi connectivity index (χ2n) is 4.31. The van der Waals surface area contributed by atoms with Crippen LogP contribution in [0.2, 0.25) is 0 Å². The molecule has 0 aliphatic heterocycles. The minimum Gasteiger partial charge on any atom is -0.368 e. The number of aromatic nitrogens is 4. The third-order valence-electron chi connectivity index (χ3n) is 3.22. The van der Waals surface area contributed by atoms with E-state index in [1.807, 2.05) is 0 Å². The standard InChI is InChI=1S/C12H20N6/c1-4-8(5-2)6-14-10-9-11(16-7-15-9)18-12(13-3)17-10/h7-8H,4-6H2,1-3H3,(H3,13,14,15,16,17,18). The Kier molecular flexibility index (Phi) is 3.96. The van der Waals surface area contributed by atoms with Gasteiger partial charge in [0.25, 0.3) is 0 Å². The topological polar surface area (TPSA) is 78.5 Å². The maximum Gasteiger partial charge on any atom is 0.226 e. The van der Waals surface area contributed by atoms with Crippen molar-refractivity contribution in [2.24, 2.45) is 5.92 Å². The van der Waals surface area contributed by atoms with Crippen molar-refractivity contribution in [3.63, 3.8) is 0 Å². The van der Waals surface area contributed by atoms with Crippen molar-refractivity contribution in [2.75, 3.05) is 24.2 Å². The zero-order valence-corrected chi connectivity index (χ0v) is 11.1. The van der Waals surface area contributed by atoms with Crippen LogP contribution < -0.4 is 10.6 Å². The molecule has 0 spiro atoms. The summed E-state index contributed by atoms with van der Waals surface area (Å²) in [5.74, 6) is 2.06. The lowest BCUT2D eigenvalue weighted by Gasteiger charge is -2.14. The third-order valence-corrected chi connectivity index (χ3v) is 3.22. The first-order valence-corrected chi connectivity index (χ1v) is 6.41. The number of rotatable bonds is 6. The van der Waals surface area contributed by atoms with Crippen LogP contribution >= 0.6 is 0 Å². The number of hydrogen-bond acceptors (Lipinski definition) is 5. The van der Waals surface area contributed by atoms with Gasteiger partial charge in [0.05, 0.1) is 6.33 Å². The molecular formula is C12H20N6. The van der Waals surface area contributed by atoms with Gasteiger partial charge in [-0.05, 0) is 5.92 Å². The smallest absolute Gasteiger partial charge is 0.226 e. The van der Waals surface area contributed by atoms with Crippen molar-refractivity contribution < 1.29 is 0 Å². The van der Waals surface area contributed by atoms with Gasteiger partial charge in [0.15, 0.2) is 11.5 Å². The minimum atomic E-state index is 0.585. The van der Waals surface area contributed by atoms with Gasteiger partial charge in [-0.3, -0.25) is 0 Å². The molecule has 6 nitrogen and oxygen atoms in total. The third kappa shape index (κ3) is 2.52. The number of H-pyrrole nitrogens is 1. The molecule has 0 atom stereocenters. The van der Waals surface area contributed by atoms with Crippen LogP contribution in [0.1, 0.15) is 26.7 Å². The lowest BCUT2D eigenvalue weighted by Crippen LogP contribution is -2.14. The first kappa shape index (κ1) is 12.6. The van der Waals surface area contributed by atoms with Crippen LogP contribution in [-0.4, -0.2) is 33.5 Å². The summed E-state index contributed by atoms with van der Waals surface area (Å²) in [7, 11) is 1.80. The molecule has 98 valence electrons. The summed E-state index contributed by atoms with van der Waals surface area (Å²) < 4.78 is 0. The predicted octanol–water partition coefficient (Wildman–Crippen LogP) is 2.24. The average Bonchev–Trinajstić information content (AvgIpc) is 2.87. The molecule has 0 saturated carbocycles. The van der Waals surface area contributed by atoms with E-state index in [9.17, 15) is 0 Å². The summed E-state index contributed by atoms with van der Waals surface area (Å²) >= 11 is 0. The number of hydrogen-bond donors (Lipinski definition) is 3. The molecule has 2 rings (SSSR count). The Morgan fingerprint density at radius 3 is 2.72 bits per heavy atom. The molecule has 6 heteroatoms. The van der Waals surface area contributed by atoms with Gasteiger partial charge in [0.1, 0.15) is 5.52 Å². The molecule has 0 amide bonds. The first-order chi connectivity index (χ1) is 8.78. The highest BCUT2D eigenvalue weighted by Gasteiger charge is 2.10. The van der Waals surface area contributed by atoms with Gasteiger partial charge in [-0.15, -0.1) is 0 Å². The van der Waals surface area contributed by atoms with E-state index in [-0.39, 0.29) is 0 Å². The van der Waals surface area contributed by atoms with Crippen molar-refractivity contribution in [3.8, 4) is 0 Å². The number of anilines is 2. The van der Waals surface area contributed by atoms with E-state index < -0.39 is 0 Å². The van der Waals surface area contributed by atoms with Crippen molar-refractivity contribution >= 4 is 22.9 Å². The second kappa shape index (κ2) is 5.66. The quantitative estimate of drug-likeness (QED) is 0.730. The SMILES string of the molecule is CCC(CC)CNc1nc(NC)nc2nc[nH]c12. The molecule has 3 N–H and O–H groups in total. The number of nitrogens with one attached hydrogen (secondary N) is 3. The number of fused-ring (bicyclic) bond motifs is 1. The van der Waals surface area contributed by atoms with Gasteiger partial charge in [-0.25, -0.2) is 4.98 Å². The summed E-state index contributed by atoms with van der Waals surface area (Å²) in [6, 6.07) is 0. The van der Waals surface area contributed by atoms with E-state index in [0.29, 0.717) is 17.5 Å². The van der Waals surface area contributed by atoms with Crippen LogP contribution in [0.3, 0.4) is 0 Å². The van der Waals surface area contributed by atoms with Crippen LogP contribution in [0, 0.1) is 5.92 Å². The first-order valence-electron chi connectivity index (χ1n) is 6.41. The molecule has 2 heterocycles. The van der Waals surface area contributed by atoms with E-state index in [1.165, 1.54) is 12.8 Å². The maximum absolute atomic E-state index is 4.43. The van der Waals surface area contributed by atoms with E-state index in [4.69, 9.17) is 0 Å². The highest BCUT2D eigenvalue weighted by atomic mass is 15.2. The van der Waals surface area contributed by atoms with Gasteiger partial charge in [-0.2, -0.15) is 9.97 Å². The van der Waals surface area contributed by atoms with Gasteiger partial charge in [0.2, 0.25) is 5.95 Å². The summed E-state index contributed by atoms with van der Waals surface area (Å²) in [6.07, 6.45) is 3.97. The van der Waals surface area contributed by atoms with E-state index in [0.717, 1.165) is 17.9 Å². The second-order valence-corrected chi connectivity index (χ2v) is 4.31. The Morgan fingerprint density at radius 2 is 2.06 bits per heavy atom. The predicted molar refractivity (Wildman–Crippen MR) is 73.8 cm³/mol. The van der Waals surface area contributed by atoms with Crippen LogP contribution in [0.4, 0.5) is 11.8 Å². The molecular weight excluding hydrogens is 228 g/mol. The fraction of sp³-hybridized carbons (Fsp3) is 0.583. The van der Waals surface area contributed by atoms with Gasteiger partial charge < -0.3 is 15.6 Å². The zero-order chi connectivity index (χ0) is 13.0. The van der Waals surface area contributed by atoms with E-state index in [1.54, 1.807) is 13.4 Å². The van der Waals surface area contributed by atoms with E-state index >= 15 is 0 Å². The lowest BCUT2D eigenvalue weighted by atomic mass is 10.0. The molecule has 0 radical (unpaired) electrons. The zero-order valence-electron chi connectivity index (χ0n) is 11.1. The molecule has 0 fully saturated rings. The number of aromatic amines is 1. The summed E-state index contributed by atoms with van der Waals surface area (Å²) in [4.78, 5) is 15.9. The van der Waals surface area contributed by atoms with Crippen LogP contribution in [-0.2, 0) is 0 Å². The molecule has 0 aromatic carbocycles. The van der Waals surface area contributed by atoms with Crippen LogP contribution in [0.25, 0.3) is 11.2 Å². The Balaban J connectivity index is 2.22. The van der Waals surface area contributed by atoms with Crippen LogP contribution in [0.15, 0.2) is 6.33 Å². The van der Waals surface area contributed by atoms with Gasteiger partial charge in [-0.1, -0.05) is 26.7 Å². The summed E-state index contributed by atoms with van der Waals surface area (Å²) in [5, 5.41) is 6.34. The Bertz CT molecular complexity index is 502. The summed E-state index contributed by atoms with van der Waals surface area (Å²) in [5.41, 5.74) is 1.54. The largest absolute Gasteiger partial charge is 0.368 e. The van der Waals surface area contributed by atoms with Gasteiger partial charge >= 0.3 is 0 Å².